The first-order valence-electron chi connectivity index (χ1n) is 7.65. The van der Waals surface area contributed by atoms with Crippen LogP contribution in [0.25, 0.3) is 10.6 Å². The van der Waals surface area contributed by atoms with Crippen LogP contribution < -0.4 is 0 Å². The minimum atomic E-state index is -0.0307. The second kappa shape index (κ2) is 6.57. The lowest BCUT2D eigenvalue weighted by atomic mass is 10.1. The van der Waals surface area contributed by atoms with Crippen molar-refractivity contribution in [3.8, 4) is 10.6 Å². The van der Waals surface area contributed by atoms with Crippen molar-refractivity contribution in [1.29, 1.82) is 0 Å². The number of nitrogens with zero attached hydrogens (tertiary/aromatic N) is 3. The molecule has 6 heteroatoms. The molecule has 0 atom stereocenters. The predicted octanol–water partition coefficient (Wildman–Crippen LogP) is 4.00. The van der Waals surface area contributed by atoms with Gasteiger partial charge in [0.15, 0.2) is 0 Å². The molecule has 0 saturated carbocycles. The molecule has 0 unspecified atom stereocenters. The monoisotopic (exact) mass is 341 g/mol. The number of aryl methyl sites for hydroxylation is 3. The summed E-state index contributed by atoms with van der Waals surface area (Å²) in [5.74, 6) is 0.721. The van der Waals surface area contributed by atoms with E-state index in [1.165, 1.54) is 0 Å². The summed E-state index contributed by atoms with van der Waals surface area (Å²) in [5.41, 5.74) is 4.47. The van der Waals surface area contributed by atoms with Gasteiger partial charge in [-0.3, -0.25) is 4.79 Å². The van der Waals surface area contributed by atoms with E-state index in [-0.39, 0.29) is 5.91 Å². The molecule has 2 heterocycles. The van der Waals surface area contributed by atoms with Gasteiger partial charge in [-0.05, 0) is 32.9 Å². The van der Waals surface area contributed by atoms with Gasteiger partial charge in [0.2, 0.25) is 0 Å². The van der Waals surface area contributed by atoms with Crippen molar-refractivity contribution >= 4 is 17.2 Å². The fourth-order valence-corrected chi connectivity index (χ4v) is 3.30. The summed E-state index contributed by atoms with van der Waals surface area (Å²) in [6.07, 6.45) is 0. The highest BCUT2D eigenvalue weighted by atomic mass is 32.1. The highest BCUT2D eigenvalue weighted by Crippen LogP contribution is 2.24. The fraction of sp³-hybridized carbons (Fsp3) is 0.278. The van der Waals surface area contributed by atoms with Crippen LogP contribution in [0.2, 0.25) is 0 Å². The lowest BCUT2D eigenvalue weighted by Gasteiger charge is -2.17. The number of hydrogen-bond acceptors (Lipinski definition) is 5. The molecule has 0 fully saturated rings. The first-order valence-corrected chi connectivity index (χ1v) is 8.53. The van der Waals surface area contributed by atoms with E-state index in [2.05, 4.69) is 10.1 Å². The normalized spacial score (nSPS) is 10.8. The van der Waals surface area contributed by atoms with Gasteiger partial charge in [0, 0.05) is 34.8 Å². The Balaban J connectivity index is 1.75. The Kier molecular flexibility index (Phi) is 4.49. The number of aromatic nitrogens is 2. The molecule has 124 valence electrons. The molecule has 0 N–H and O–H groups in total. The van der Waals surface area contributed by atoms with Crippen molar-refractivity contribution in [3.05, 3.63) is 57.9 Å². The summed E-state index contributed by atoms with van der Waals surface area (Å²) in [6, 6.07) is 7.57. The minimum absolute atomic E-state index is 0.0307. The number of hydrogen-bond donors (Lipinski definition) is 0. The van der Waals surface area contributed by atoms with E-state index >= 15 is 0 Å². The number of carbonyl (C=O) groups excluding carboxylic acids is 1. The van der Waals surface area contributed by atoms with Crippen LogP contribution in [0.3, 0.4) is 0 Å². The van der Waals surface area contributed by atoms with Crippen molar-refractivity contribution < 1.29 is 9.32 Å². The Morgan fingerprint density at radius 2 is 1.92 bits per heavy atom. The third-order valence-corrected chi connectivity index (χ3v) is 4.93. The van der Waals surface area contributed by atoms with Crippen molar-refractivity contribution in [2.75, 3.05) is 7.05 Å². The zero-order valence-electron chi connectivity index (χ0n) is 14.2. The first-order chi connectivity index (χ1) is 11.5. The van der Waals surface area contributed by atoms with Gasteiger partial charge in [-0.2, -0.15) is 0 Å². The molecule has 3 aromatic rings. The molecule has 0 aliphatic rings. The van der Waals surface area contributed by atoms with Gasteiger partial charge >= 0.3 is 0 Å². The van der Waals surface area contributed by atoms with Crippen LogP contribution in [-0.2, 0) is 6.54 Å². The fourth-order valence-electron chi connectivity index (χ4n) is 2.50. The predicted molar refractivity (Wildman–Crippen MR) is 94.1 cm³/mol. The molecule has 24 heavy (non-hydrogen) atoms. The van der Waals surface area contributed by atoms with Gasteiger partial charge < -0.3 is 9.42 Å². The van der Waals surface area contributed by atoms with Gasteiger partial charge in [0.25, 0.3) is 5.91 Å². The van der Waals surface area contributed by atoms with Gasteiger partial charge in [0.1, 0.15) is 10.8 Å². The van der Waals surface area contributed by atoms with E-state index in [1.807, 2.05) is 50.4 Å². The molecule has 0 radical (unpaired) electrons. The molecule has 1 aromatic carbocycles. The van der Waals surface area contributed by atoms with E-state index in [1.54, 1.807) is 23.3 Å². The molecule has 1 amide bonds. The van der Waals surface area contributed by atoms with E-state index in [0.717, 1.165) is 33.3 Å². The van der Waals surface area contributed by atoms with Crippen LogP contribution in [0.1, 0.15) is 33.1 Å². The average Bonchev–Trinajstić information content (AvgIpc) is 3.15. The number of rotatable bonds is 4. The van der Waals surface area contributed by atoms with Crippen LogP contribution in [0, 0.1) is 20.8 Å². The SMILES string of the molecule is Cc1csc(-c2ccc(C(=O)N(C)Cc3c(C)noc3C)cc2)n1. The summed E-state index contributed by atoms with van der Waals surface area (Å²) < 4.78 is 5.15. The third kappa shape index (κ3) is 3.23. The zero-order chi connectivity index (χ0) is 17.3. The van der Waals surface area contributed by atoms with Gasteiger partial charge in [0.05, 0.1) is 12.2 Å². The maximum Gasteiger partial charge on any atom is 0.253 e. The molecular weight excluding hydrogens is 322 g/mol. The van der Waals surface area contributed by atoms with E-state index in [0.29, 0.717) is 12.1 Å². The molecule has 0 aliphatic heterocycles. The van der Waals surface area contributed by atoms with Crippen LogP contribution >= 0.6 is 11.3 Å². The third-order valence-electron chi connectivity index (χ3n) is 3.92. The second-order valence-electron chi connectivity index (χ2n) is 5.84. The quantitative estimate of drug-likeness (QED) is 0.720. The summed E-state index contributed by atoms with van der Waals surface area (Å²) in [6.45, 7) is 6.20. The summed E-state index contributed by atoms with van der Waals surface area (Å²) >= 11 is 1.61. The maximum atomic E-state index is 12.6. The molecule has 0 saturated heterocycles. The Hall–Kier alpha value is -2.47. The molecule has 3 rings (SSSR count). The Morgan fingerprint density at radius 1 is 1.21 bits per heavy atom. The lowest BCUT2D eigenvalue weighted by molar-refractivity contribution is 0.0784. The Morgan fingerprint density at radius 3 is 2.46 bits per heavy atom. The van der Waals surface area contributed by atoms with Crippen molar-refractivity contribution in [1.82, 2.24) is 15.0 Å². The summed E-state index contributed by atoms with van der Waals surface area (Å²) in [5, 5.41) is 6.92. The van der Waals surface area contributed by atoms with Gasteiger partial charge in [-0.25, -0.2) is 4.98 Å². The highest BCUT2D eigenvalue weighted by Gasteiger charge is 2.17. The number of amides is 1. The number of benzene rings is 1. The molecule has 5 nitrogen and oxygen atoms in total. The summed E-state index contributed by atoms with van der Waals surface area (Å²) in [4.78, 5) is 18.7. The molecule has 2 aromatic heterocycles. The second-order valence-corrected chi connectivity index (χ2v) is 6.69. The smallest absolute Gasteiger partial charge is 0.253 e. The highest BCUT2D eigenvalue weighted by molar-refractivity contribution is 7.13. The standard InChI is InChI=1S/C18H19N3O2S/c1-11-10-24-17(19-11)14-5-7-15(8-6-14)18(22)21(4)9-16-12(2)20-23-13(16)3/h5-8,10H,9H2,1-4H3. The van der Waals surface area contributed by atoms with Crippen LogP contribution in [0.4, 0.5) is 0 Å². The van der Waals surface area contributed by atoms with E-state index in [9.17, 15) is 4.79 Å². The van der Waals surface area contributed by atoms with E-state index < -0.39 is 0 Å². The lowest BCUT2D eigenvalue weighted by Crippen LogP contribution is -2.26. The van der Waals surface area contributed by atoms with Gasteiger partial charge in [-0.15, -0.1) is 11.3 Å². The zero-order valence-corrected chi connectivity index (χ0v) is 15.0. The number of thiazole rings is 1. The molecular formula is C18H19N3O2S. The largest absolute Gasteiger partial charge is 0.361 e. The Bertz CT molecular complexity index is 845. The number of carbonyl (C=O) groups is 1. The molecule has 0 bridgehead atoms. The Labute approximate surface area is 144 Å². The molecule has 0 spiro atoms. The van der Waals surface area contributed by atoms with Crippen LogP contribution in [0.5, 0.6) is 0 Å². The maximum absolute atomic E-state index is 12.6. The van der Waals surface area contributed by atoms with Crippen molar-refractivity contribution in [2.45, 2.75) is 27.3 Å². The minimum Gasteiger partial charge on any atom is -0.361 e. The summed E-state index contributed by atoms with van der Waals surface area (Å²) in [7, 11) is 1.78. The average molecular weight is 341 g/mol. The van der Waals surface area contributed by atoms with Crippen molar-refractivity contribution in [2.24, 2.45) is 0 Å². The topological polar surface area (TPSA) is 59.2 Å². The first kappa shape index (κ1) is 16.4. The van der Waals surface area contributed by atoms with E-state index in [4.69, 9.17) is 4.52 Å². The van der Waals surface area contributed by atoms with Gasteiger partial charge in [-0.1, -0.05) is 17.3 Å². The van der Waals surface area contributed by atoms with Crippen LogP contribution in [-0.4, -0.2) is 28.0 Å². The molecule has 0 aliphatic carbocycles. The van der Waals surface area contributed by atoms with Crippen LogP contribution in [0.15, 0.2) is 34.2 Å². The van der Waals surface area contributed by atoms with Crippen molar-refractivity contribution in [3.63, 3.8) is 0 Å².